The van der Waals surface area contributed by atoms with Gasteiger partial charge in [0.15, 0.2) is 0 Å². The summed E-state index contributed by atoms with van der Waals surface area (Å²) < 4.78 is 19.7. The van der Waals surface area contributed by atoms with E-state index in [1.807, 2.05) is 0 Å². The molecule has 1 aromatic carbocycles. The summed E-state index contributed by atoms with van der Waals surface area (Å²) in [4.78, 5) is 38.7. The molecule has 0 aliphatic carbocycles. The number of nitrogens with zero attached hydrogens (tertiary/aromatic N) is 3. The van der Waals surface area contributed by atoms with Gasteiger partial charge in [-0.3, -0.25) is 9.59 Å². The summed E-state index contributed by atoms with van der Waals surface area (Å²) in [6, 6.07) is 5.31. The number of likely N-dealkylation sites (tertiary alicyclic amines) is 1. The predicted octanol–water partition coefficient (Wildman–Crippen LogP) is 2.08. The first kappa shape index (κ1) is 18.9. The fourth-order valence-corrected chi connectivity index (χ4v) is 3.68. The highest BCUT2D eigenvalue weighted by Gasteiger charge is 2.28. The van der Waals surface area contributed by atoms with Crippen molar-refractivity contribution < 1.29 is 18.7 Å². The van der Waals surface area contributed by atoms with Crippen molar-refractivity contribution in [2.75, 3.05) is 20.2 Å². The molecule has 0 aromatic heterocycles. The van der Waals surface area contributed by atoms with Crippen molar-refractivity contribution in [2.45, 2.75) is 18.9 Å². The van der Waals surface area contributed by atoms with Crippen LogP contribution in [-0.4, -0.2) is 51.7 Å². The summed E-state index contributed by atoms with van der Waals surface area (Å²) in [7, 11) is 1.26. The molecule has 29 heavy (non-hydrogen) atoms. The molecule has 150 valence electrons. The Hall–Kier alpha value is -3.49. The van der Waals surface area contributed by atoms with Gasteiger partial charge in [0.2, 0.25) is 0 Å². The van der Waals surface area contributed by atoms with Gasteiger partial charge in [0.1, 0.15) is 17.1 Å². The lowest BCUT2D eigenvalue weighted by Crippen LogP contribution is -2.40. The molecule has 9 heteroatoms. The third kappa shape index (κ3) is 3.51. The first-order chi connectivity index (χ1) is 14.0. The van der Waals surface area contributed by atoms with Crippen LogP contribution in [0.4, 0.5) is 4.39 Å². The quantitative estimate of drug-likeness (QED) is 0.682. The van der Waals surface area contributed by atoms with Crippen LogP contribution in [0.5, 0.6) is 0 Å². The summed E-state index contributed by atoms with van der Waals surface area (Å²) >= 11 is 0. The topological polar surface area (TPSA) is 97.3 Å². The second kappa shape index (κ2) is 7.50. The van der Waals surface area contributed by atoms with Gasteiger partial charge in [-0.05, 0) is 37.1 Å². The molecule has 4 rings (SSSR count). The molecule has 0 radical (unpaired) electrons. The van der Waals surface area contributed by atoms with Crippen molar-refractivity contribution >= 4 is 11.9 Å². The van der Waals surface area contributed by atoms with Crippen molar-refractivity contribution in [3.8, 4) is 11.3 Å². The first-order valence-corrected chi connectivity index (χ1v) is 9.21. The molecule has 1 atom stereocenters. The van der Waals surface area contributed by atoms with E-state index < -0.39 is 17.3 Å². The predicted molar refractivity (Wildman–Crippen MR) is 101 cm³/mol. The number of carbonyl (C=O) groups excluding carboxylic acids is 2. The zero-order chi connectivity index (χ0) is 20.5. The molecule has 1 aromatic rings. The number of methoxy groups -OCH3 is 1. The van der Waals surface area contributed by atoms with Gasteiger partial charge in [-0.1, -0.05) is 0 Å². The highest BCUT2D eigenvalue weighted by Crippen LogP contribution is 2.27. The number of piperidine rings is 1. The maximum absolute atomic E-state index is 13.1. The molecule has 3 aliphatic heterocycles. The Morgan fingerprint density at radius 3 is 2.72 bits per heavy atom. The minimum atomic E-state index is -0.592. The maximum atomic E-state index is 13.1. The van der Waals surface area contributed by atoms with Crippen LogP contribution in [0.25, 0.3) is 11.3 Å². The summed E-state index contributed by atoms with van der Waals surface area (Å²) in [6.45, 7) is 0.983. The molecule has 1 fully saturated rings. The van der Waals surface area contributed by atoms with Gasteiger partial charge < -0.3 is 14.2 Å². The minimum absolute atomic E-state index is 0.129. The van der Waals surface area contributed by atoms with E-state index in [0.29, 0.717) is 18.7 Å². The van der Waals surface area contributed by atoms with E-state index >= 15 is 0 Å². The van der Waals surface area contributed by atoms with Crippen LogP contribution in [-0.2, 0) is 4.74 Å². The molecule has 1 N–H and O–H groups in total. The van der Waals surface area contributed by atoms with E-state index in [1.54, 1.807) is 21.9 Å². The Morgan fingerprint density at radius 2 is 2.00 bits per heavy atom. The van der Waals surface area contributed by atoms with Crippen molar-refractivity contribution in [1.29, 1.82) is 0 Å². The summed E-state index contributed by atoms with van der Waals surface area (Å²) in [5.41, 5.74) is 0.752. The number of halogens is 1. The van der Waals surface area contributed by atoms with Crippen molar-refractivity contribution in [3.63, 3.8) is 0 Å². The SMILES string of the molecule is COC(=O)c1cn(C2CCCN(C(=O)c3ccc(F)cc3)C2)cc2c(=O)[nH]nc1-2. The van der Waals surface area contributed by atoms with Crippen LogP contribution in [0.3, 0.4) is 0 Å². The van der Waals surface area contributed by atoms with Gasteiger partial charge in [-0.15, -0.1) is 0 Å². The number of esters is 1. The number of H-pyrrole nitrogens is 1. The van der Waals surface area contributed by atoms with Gasteiger partial charge in [0, 0.05) is 31.0 Å². The molecular formula is C20H19FN4O4. The Kier molecular flexibility index (Phi) is 4.87. The molecule has 0 saturated carbocycles. The number of carbonyl (C=O) groups is 2. The maximum Gasteiger partial charge on any atom is 0.341 e. The van der Waals surface area contributed by atoms with Crippen LogP contribution in [0.1, 0.15) is 39.6 Å². The molecule has 0 spiro atoms. The summed E-state index contributed by atoms with van der Waals surface area (Å²) in [5, 5.41) is 6.27. The number of amides is 1. The molecule has 1 amide bonds. The molecule has 8 nitrogen and oxygen atoms in total. The standard InChI is InChI=1S/C20H19FN4O4/c1-29-20(28)16-11-25(10-15-17(16)22-23-18(15)26)14-3-2-8-24(9-14)19(27)12-4-6-13(21)7-5-12/h4-7,10-11,14H,2-3,8-9H2,1H3,(H,23,26). The fraction of sp³-hybridized carbons (Fsp3) is 0.300. The third-order valence-corrected chi connectivity index (χ3v) is 5.18. The van der Waals surface area contributed by atoms with E-state index in [-0.39, 0.29) is 28.8 Å². The second-order valence-electron chi connectivity index (χ2n) is 6.98. The van der Waals surface area contributed by atoms with Gasteiger partial charge in [0.05, 0.1) is 18.7 Å². The lowest BCUT2D eigenvalue weighted by molar-refractivity contribution is 0.0596. The monoisotopic (exact) mass is 398 g/mol. The number of rotatable bonds is 3. The molecule has 1 unspecified atom stereocenters. The highest BCUT2D eigenvalue weighted by molar-refractivity contribution is 5.96. The van der Waals surface area contributed by atoms with Gasteiger partial charge in [-0.2, -0.15) is 5.10 Å². The molecule has 0 bridgehead atoms. The van der Waals surface area contributed by atoms with Crippen molar-refractivity contribution in [2.24, 2.45) is 0 Å². The Balaban J connectivity index is 1.65. The number of ether oxygens (including phenoxy) is 1. The zero-order valence-electron chi connectivity index (χ0n) is 15.7. The molecular weight excluding hydrogens is 379 g/mol. The van der Waals surface area contributed by atoms with Crippen LogP contribution in [0.2, 0.25) is 0 Å². The highest BCUT2D eigenvalue weighted by atomic mass is 19.1. The van der Waals surface area contributed by atoms with Crippen molar-refractivity contribution in [3.05, 3.63) is 64.0 Å². The van der Waals surface area contributed by atoms with Gasteiger partial charge in [0.25, 0.3) is 11.5 Å². The number of hydrogen-bond donors (Lipinski definition) is 1. The Morgan fingerprint density at radius 1 is 1.24 bits per heavy atom. The lowest BCUT2D eigenvalue weighted by atomic mass is 10.0. The lowest BCUT2D eigenvalue weighted by Gasteiger charge is -2.34. The van der Waals surface area contributed by atoms with E-state index in [9.17, 15) is 18.8 Å². The molecule has 3 heterocycles. The number of nitrogens with one attached hydrogen (secondary N) is 1. The molecule has 3 aliphatic rings. The first-order valence-electron chi connectivity index (χ1n) is 9.21. The second-order valence-corrected chi connectivity index (χ2v) is 6.98. The zero-order valence-corrected chi connectivity index (χ0v) is 15.7. The van der Waals surface area contributed by atoms with Gasteiger partial charge in [-0.25, -0.2) is 14.3 Å². The molecule has 1 saturated heterocycles. The third-order valence-electron chi connectivity index (χ3n) is 5.18. The normalized spacial score (nSPS) is 16.8. The number of aromatic nitrogens is 3. The summed E-state index contributed by atoms with van der Waals surface area (Å²) in [6.07, 6.45) is 4.77. The van der Waals surface area contributed by atoms with E-state index in [4.69, 9.17) is 4.74 Å². The Bertz CT molecular complexity index is 1090. The van der Waals surface area contributed by atoms with E-state index in [2.05, 4.69) is 10.2 Å². The minimum Gasteiger partial charge on any atom is -0.465 e. The summed E-state index contributed by atoms with van der Waals surface area (Å²) in [5.74, 6) is -1.17. The van der Waals surface area contributed by atoms with Crippen molar-refractivity contribution in [1.82, 2.24) is 19.7 Å². The number of fused-ring (bicyclic) bond motifs is 1. The van der Waals surface area contributed by atoms with E-state index in [1.165, 1.54) is 31.4 Å². The number of hydrogen-bond acceptors (Lipinski definition) is 5. The van der Waals surface area contributed by atoms with Gasteiger partial charge >= 0.3 is 5.97 Å². The fourth-order valence-electron chi connectivity index (χ4n) is 3.68. The van der Waals surface area contributed by atoms with Crippen LogP contribution >= 0.6 is 0 Å². The number of aromatic amines is 1. The van der Waals surface area contributed by atoms with Crippen LogP contribution in [0.15, 0.2) is 41.5 Å². The smallest absolute Gasteiger partial charge is 0.341 e. The number of pyridine rings is 1. The largest absolute Gasteiger partial charge is 0.465 e. The van der Waals surface area contributed by atoms with Crippen LogP contribution in [0, 0.1) is 5.82 Å². The Labute approximate surface area is 165 Å². The average molecular weight is 398 g/mol. The number of benzene rings is 1. The van der Waals surface area contributed by atoms with Crippen LogP contribution < -0.4 is 5.56 Å². The van der Waals surface area contributed by atoms with E-state index in [0.717, 1.165) is 12.8 Å². The average Bonchev–Trinajstić information content (AvgIpc) is 3.13.